The lowest BCUT2D eigenvalue weighted by molar-refractivity contribution is 1.18. The predicted molar refractivity (Wildman–Crippen MR) is 271 cm³/mol. The highest BCUT2D eigenvalue weighted by Gasteiger charge is 2.19. The van der Waals surface area contributed by atoms with Crippen LogP contribution in [0.3, 0.4) is 0 Å². The number of pyridine rings is 1. The molecule has 0 atom stereocenters. The normalized spacial score (nSPS) is 11.7. The molecule has 4 nitrogen and oxygen atoms in total. The summed E-state index contributed by atoms with van der Waals surface area (Å²) in [5, 5.41) is 10.6. The molecule has 65 heavy (non-hydrogen) atoms. The van der Waals surface area contributed by atoms with Crippen LogP contribution in [0.15, 0.2) is 231 Å². The van der Waals surface area contributed by atoms with Crippen LogP contribution in [-0.2, 0) is 0 Å². The Morgan fingerprint density at radius 3 is 1.54 bits per heavy atom. The number of benzene rings is 10. The van der Waals surface area contributed by atoms with Gasteiger partial charge in [-0.1, -0.05) is 176 Å². The second-order valence-electron chi connectivity index (χ2n) is 16.8. The average Bonchev–Trinajstić information content (AvgIpc) is 3.71. The summed E-state index contributed by atoms with van der Waals surface area (Å²) in [7, 11) is 0. The fraction of sp³-hybridized carbons (Fsp3) is 0. The van der Waals surface area contributed by atoms with E-state index in [1.165, 1.54) is 48.7 Å². The topological polar surface area (TPSA) is 43.6 Å². The zero-order valence-electron chi connectivity index (χ0n) is 35.2. The van der Waals surface area contributed by atoms with Crippen molar-refractivity contribution in [2.75, 3.05) is 0 Å². The maximum absolute atomic E-state index is 5.46. The number of nitrogens with zero attached hydrogens (tertiary/aromatic N) is 4. The maximum Gasteiger partial charge on any atom is 0.160 e. The van der Waals surface area contributed by atoms with Gasteiger partial charge in [0, 0.05) is 49.5 Å². The van der Waals surface area contributed by atoms with E-state index in [2.05, 4.69) is 235 Å². The smallest absolute Gasteiger partial charge is 0.160 e. The number of fused-ring (bicyclic) bond motifs is 8. The zero-order chi connectivity index (χ0) is 42.8. The minimum absolute atomic E-state index is 0.684. The molecule has 0 aliphatic heterocycles. The van der Waals surface area contributed by atoms with E-state index >= 15 is 0 Å². The Morgan fingerprint density at radius 2 is 0.846 bits per heavy atom. The third-order valence-electron chi connectivity index (χ3n) is 12.9. The van der Waals surface area contributed by atoms with Gasteiger partial charge in [0.15, 0.2) is 5.82 Å². The van der Waals surface area contributed by atoms with Gasteiger partial charge in [-0.2, -0.15) is 0 Å². The first-order chi connectivity index (χ1) is 32.2. The van der Waals surface area contributed by atoms with E-state index in [4.69, 9.17) is 15.0 Å². The van der Waals surface area contributed by atoms with Crippen LogP contribution in [0.25, 0.3) is 127 Å². The van der Waals surface area contributed by atoms with E-state index < -0.39 is 0 Å². The molecule has 0 spiro atoms. The van der Waals surface area contributed by atoms with Crippen LogP contribution in [0, 0.1) is 0 Å². The van der Waals surface area contributed by atoms with Crippen molar-refractivity contribution in [1.82, 2.24) is 19.5 Å². The van der Waals surface area contributed by atoms with Gasteiger partial charge >= 0.3 is 0 Å². The molecule has 0 amide bonds. The molecule has 4 heteroatoms. The molecule has 0 aliphatic carbocycles. The van der Waals surface area contributed by atoms with E-state index in [9.17, 15) is 0 Å². The highest BCUT2D eigenvalue weighted by molar-refractivity contribution is 6.20. The van der Waals surface area contributed by atoms with Gasteiger partial charge in [0.1, 0.15) is 0 Å². The third-order valence-corrected chi connectivity index (χ3v) is 12.9. The van der Waals surface area contributed by atoms with Crippen LogP contribution in [0.2, 0.25) is 0 Å². The van der Waals surface area contributed by atoms with Crippen molar-refractivity contribution < 1.29 is 0 Å². The highest BCUT2D eigenvalue weighted by atomic mass is 15.0. The quantitative estimate of drug-likeness (QED) is 0.157. The number of para-hydroxylation sites is 2. The van der Waals surface area contributed by atoms with Crippen molar-refractivity contribution in [2.24, 2.45) is 0 Å². The summed E-state index contributed by atoms with van der Waals surface area (Å²) in [6.45, 7) is 0. The van der Waals surface area contributed by atoms with Gasteiger partial charge in [-0.05, 0) is 92.7 Å². The summed E-state index contributed by atoms with van der Waals surface area (Å²) in [6, 6.07) is 82.2. The van der Waals surface area contributed by atoms with Crippen LogP contribution < -0.4 is 0 Å². The first-order valence-electron chi connectivity index (χ1n) is 22.1. The SMILES string of the molecule is c1ccc(-c2nc3cc(-c4ccc(-c5nc(-c6ccc7ccccc7c6)cc(-c6ccc7ccccc7c6)n5)cc4)ccc3c3cc4c(cc23)c2ccccc2n4-c2ccccc2)cc1. The molecule has 10 aromatic carbocycles. The molecule has 13 aromatic rings. The van der Waals surface area contributed by atoms with Crippen LogP contribution in [0.5, 0.6) is 0 Å². The Labute approximate surface area is 375 Å². The summed E-state index contributed by atoms with van der Waals surface area (Å²) in [5.41, 5.74) is 13.5. The fourth-order valence-electron chi connectivity index (χ4n) is 9.70. The van der Waals surface area contributed by atoms with Crippen LogP contribution >= 0.6 is 0 Å². The standard InChI is InChI=1S/C61H38N4/c1-3-15-42(16-4-1)60-54-36-53-51-21-11-12-22-58(51)65(49-19-5-2-6-20-49)59(53)37-52(54)50-32-31-46(35-57(50)62-60)41-23-27-43(28-24-41)61-63-55(47-29-25-39-13-7-9-17-44(39)33-47)38-56(64-61)48-30-26-40-14-8-10-18-45(40)34-48/h1-38H. The third kappa shape index (κ3) is 6.34. The van der Waals surface area contributed by atoms with Gasteiger partial charge < -0.3 is 4.57 Å². The van der Waals surface area contributed by atoms with Crippen LogP contribution in [-0.4, -0.2) is 19.5 Å². The summed E-state index contributed by atoms with van der Waals surface area (Å²) < 4.78 is 2.39. The molecular formula is C61H38N4. The summed E-state index contributed by atoms with van der Waals surface area (Å²) in [5.74, 6) is 0.684. The maximum atomic E-state index is 5.46. The predicted octanol–water partition coefficient (Wildman–Crippen LogP) is 15.9. The van der Waals surface area contributed by atoms with E-state index in [-0.39, 0.29) is 0 Å². The molecule has 3 heterocycles. The van der Waals surface area contributed by atoms with Gasteiger partial charge in [-0.3, -0.25) is 0 Å². The lowest BCUT2D eigenvalue weighted by atomic mass is 9.96. The largest absolute Gasteiger partial charge is 0.309 e. The van der Waals surface area contributed by atoms with Crippen LogP contribution in [0.1, 0.15) is 0 Å². The van der Waals surface area contributed by atoms with Crippen molar-refractivity contribution in [3.63, 3.8) is 0 Å². The number of hydrogen-bond donors (Lipinski definition) is 0. The molecule has 0 saturated heterocycles. The van der Waals surface area contributed by atoms with E-state index in [1.54, 1.807) is 0 Å². The molecule has 0 N–H and O–H groups in total. The van der Waals surface area contributed by atoms with Crippen molar-refractivity contribution in [1.29, 1.82) is 0 Å². The Hall–Kier alpha value is -8.73. The molecule has 0 aliphatic rings. The second-order valence-corrected chi connectivity index (χ2v) is 16.8. The molecule has 0 radical (unpaired) electrons. The van der Waals surface area contributed by atoms with E-state index in [0.717, 1.165) is 72.4 Å². The van der Waals surface area contributed by atoms with Crippen molar-refractivity contribution in [2.45, 2.75) is 0 Å². The molecule has 0 unspecified atom stereocenters. The summed E-state index contributed by atoms with van der Waals surface area (Å²) >= 11 is 0. The van der Waals surface area contributed by atoms with Crippen molar-refractivity contribution in [3.8, 4) is 62.0 Å². The van der Waals surface area contributed by atoms with Crippen LogP contribution in [0.4, 0.5) is 0 Å². The van der Waals surface area contributed by atoms with E-state index in [0.29, 0.717) is 5.82 Å². The van der Waals surface area contributed by atoms with Gasteiger partial charge in [0.25, 0.3) is 0 Å². The first-order valence-corrected chi connectivity index (χ1v) is 22.1. The van der Waals surface area contributed by atoms with Gasteiger partial charge in [0.2, 0.25) is 0 Å². The molecule has 0 bridgehead atoms. The molecule has 0 saturated carbocycles. The first kappa shape index (κ1) is 36.9. The number of rotatable bonds is 6. The Kier molecular flexibility index (Phi) is 8.50. The van der Waals surface area contributed by atoms with Gasteiger partial charge in [0.05, 0.1) is 33.6 Å². The van der Waals surface area contributed by atoms with Crippen molar-refractivity contribution >= 4 is 65.0 Å². The molecular weight excluding hydrogens is 789 g/mol. The van der Waals surface area contributed by atoms with Crippen molar-refractivity contribution in [3.05, 3.63) is 231 Å². The lowest BCUT2D eigenvalue weighted by Gasteiger charge is -2.14. The lowest BCUT2D eigenvalue weighted by Crippen LogP contribution is -1.96. The molecule has 3 aromatic heterocycles. The average molecular weight is 827 g/mol. The number of hydrogen-bond acceptors (Lipinski definition) is 3. The Morgan fingerprint density at radius 1 is 0.277 bits per heavy atom. The second kappa shape index (κ2) is 15.0. The molecule has 13 rings (SSSR count). The molecule has 0 fully saturated rings. The minimum Gasteiger partial charge on any atom is -0.309 e. The fourth-order valence-corrected chi connectivity index (χ4v) is 9.70. The monoisotopic (exact) mass is 826 g/mol. The zero-order valence-corrected chi connectivity index (χ0v) is 35.2. The van der Waals surface area contributed by atoms with E-state index in [1.807, 2.05) is 0 Å². The summed E-state index contributed by atoms with van der Waals surface area (Å²) in [6.07, 6.45) is 0. The van der Waals surface area contributed by atoms with Gasteiger partial charge in [-0.15, -0.1) is 0 Å². The minimum atomic E-state index is 0.684. The molecule has 302 valence electrons. The highest BCUT2D eigenvalue weighted by Crippen LogP contribution is 2.41. The Bertz CT molecular complexity index is 3890. The summed E-state index contributed by atoms with van der Waals surface area (Å²) in [4.78, 5) is 15.9. The van der Waals surface area contributed by atoms with Gasteiger partial charge in [-0.25, -0.2) is 15.0 Å². The number of aromatic nitrogens is 4. The Balaban J connectivity index is 0.944.